The number of nitrogens with one attached hydrogen (secondary N) is 1. The summed E-state index contributed by atoms with van der Waals surface area (Å²) in [5.41, 5.74) is 0. The quantitative estimate of drug-likeness (QED) is 0.766. The molecule has 1 aromatic heterocycles. The summed E-state index contributed by atoms with van der Waals surface area (Å²) >= 11 is 1.98. The predicted molar refractivity (Wildman–Crippen MR) is 84.0 cm³/mol. The van der Waals surface area contributed by atoms with E-state index in [0.29, 0.717) is 6.54 Å². The second-order valence-corrected chi connectivity index (χ2v) is 7.52. The van der Waals surface area contributed by atoms with Crippen molar-refractivity contribution >= 4 is 34.2 Å². The lowest BCUT2D eigenvalue weighted by atomic mass is 10.4. The number of imidazole rings is 1. The van der Waals surface area contributed by atoms with E-state index in [0.717, 1.165) is 26.1 Å². The van der Waals surface area contributed by atoms with Gasteiger partial charge in [0.05, 0.1) is 6.33 Å². The monoisotopic (exact) mass is 340 g/mol. The molecule has 0 unspecified atom stereocenters. The summed E-state index contributed by atoms with van der Waals surface area (Å²) < 4.78 is 28.0. The molecule has 0 atom stereocenters. The molecular formula is C11H21ClN4O2S2. The van der Waals surface area contributed by atoms with Crippen LogP contribution in [0, 0.1) is 0 Å². The predicted octanol–water partition coefficient (Wildman–Crippen LogP) is 0.559. The van der Waals surface area contributed by atoms with Gasteiger partial charge in [-0.1, -0.05) is 0 Å². The van der Waals surface area contributed by atoms with Crippen molar-refractivity contribution < 1.29 is 8.42 Å². The van der Waals surface area contributed by atoms with Gasteiger partial charge in [0.25, 0.3) is 10.0 Å². The van der Waals surface area contributed by atoms with Crippen LogP contribution in [0.15, 0.2) is 17.6 Å². The molecule has 1 saturated heterocycles. The number of aromatic nitrogens is 2. The van der Waals surface area contributed by atoms with E-state index in [1.165, 1.54) is 24.0 Å². The standard InChI is InChI=1S/C11H20N4O2S2.ClH/c1-14-9-11(12-10-14)19(16,17)13-3-2-4-15-5-7-18-8-6-15;/h9-10,13H,2-8H2,1H3;1H. The first-order chi connectivity index (χ1) is 9.08. The Kier molecular flexibility index (Phi) is 7.32. The van der Waals surface area contributed by atoms with Gasteiger partial charge in [-0.05, 0) is 13.0 Å². The van der Waals surface area contributed by atoms with Gasteiger partial charge in [0.2, 0.25) is 0 Å². The second kappa shape index (κ2) is 8.23. The lowest BCUT2D eigenvalue weighted by Gasteiger charge is -2.25. The third-order valence-corrected chi connectivity index (χ3v) is 5.29. The van der Waals surface area contributed by atoms with Crippen molar-refractivity contribution in [2.24, 2.45) is 7.05 Å². The van der Waals surface area contributed by atoms with Crippen LogP contribution in [0.1, 0.15) is 6.42 Å². The highest BCUT2D eigenvalue weighted by molar-refractivity contribution is 7.99. The number of halogens is 1. The number of hydrogen-bond donors (Lipinski definition) is 1. The molecule has 0 amide bonds. The van der Waals surface area contributed by atoms with Crippen molar-refractivity contribution in [2.75, 3.05) is 37.7 Å². The van der Waals surface area contributed by atoms with Gasteiger partial charge in [-0.15, -0.1) is 12.4 Å². The summed E-state index contributed by atoms with van der Waals surface area (Å²) in [6, 6.07) is 0. The topological polar surface area (TPSA) is 67.2 Å². The fraction of sp³-hybridized carbons (Fsp3) is 0.727. The largest absolute Gasteiger partial charge is 0.339 e. The zero-order chi connectivity index (χ0) is 13.7. The van der Waals surface area contributed by atoms with Crippen molar-refractivity contribution in [3.05, 3.63) is 12.5 Å². The van der Waals surface area contributed by atoms with Gasteiger partial charge in [-0.25, -0.2) is 18.1 Å². The van der Waals surface area contributed by atoms with Crippen molar-refractivity contribution in [1.82, 2.24) is 19.2 Å². The maximum atomic E-state index is 11.9. The van der Waals surface area contributed by atoms with E-state index in [2.05, 4.69) is 14.6 Å². The molecule has 0 saturated carbocycles. The van der Waals surface area contributed by atoms with Crippen LogP contribution in [0.2, 0.25) is 0 Å². The van der Waals surface area contributed by atoms with E-state index in [-0.39, 0.29) is 17.4 Å². The summed E-state index contributed by atoms with van der Waals surface area (Å²) in [4.78, 5) is 6.24. The van der Waals surface area contributed by atoms with Crippen LogP contribution in [0.4, 0.5) is 0 Å². The number of rotatable bonds is 6. The average Bonchev–Trinajstić information content (AvgIpc) is 2.84. The van der Waals surface area contributed by atoms with Gasteiger partial charge in [-0.2, -0.15) is 11.8 Å². The Bertz CT molecular complexity index is 500. The molecule has 0 aliphatic carbocycles. The molecule has 2 heterocycles. The Balaban J connectivity index is 0.00000200. The van der Waals surface area contributed by atoms with Crippen molar-refractivity contribution in [2.45, 2.75) is 11.4 Å². The molecule has 116 valence electrons. The zero-order valence-electron chi connectivity index (χ0n) is 11.5. The third-order valence-electron chi connectivity index (χ3n) is 3.00. The fourth-order valence-corrected chi connectivity index (χ4v) is 3.97. The third kappa shape index (κ3) is 5.25. The Labute approximate surface area is 130 Å². The first-order valence-electron chi connectivity index (χ1n) is 6.36. The summed E-state index contributed by atoms with van der Waals surface area (Å²) in [7, 11) is -1.70. The Morgan fingerprint density at radius 3 is 2.70 bits per heavy atom. The molecule has 1 aliphatic heterocycles. The molecule has 20 heavy (non-hydrogen) atoms. The van der Waals surface area contributed by atoms with Crippen molar-refractivity contribution in [1.29, 1.82) is 0 Å². The normalized spacial score (nSPS) is 16.9. The molecule has 1 N–H and O–H groups in total. The van der Waals surface area contributed by atoms with Gasteiger partial charge < -0.3 is 9.47 Å². The Morgan fingerprint density at radius 1 is 1.40 bits per heavy atom. The van der Waals surface area contributed by atoms with Crippen LogP contribution < -0.4 is 4.72 Å². The highest BCUT2D eigenvalue weighted by atomic mass is 35.5. The van der Waals surface area contributed by atoms with Crippen LogP contribution in [0.3, 0.4) is 0 Å². The SMILES string of the molecule is Cl.Cn1cnc(S(=O)(=O)NCCCN2CCSCC2)c1. The minimum atomic E-state index is -3.45. The summed E-state index contributed by atoms with van der Waals surface area (Å²) in [5.74, 6) is 2.36. The zero-order valence-corrected chi connectivity index (χ0v) is 13.9. The van der Waals surface area contributed by atoms with E-state index >= 15 is 0 Å². The molecule has 9 heteroatoms. The minimum absolute atomic E-state index is 0. The van der Waals surface area contributed by atoms with Gasteiger partial charge in [0.15, 0.2) is 5.03 Å². The molecule has 1 aromatic rings. The Hall–Kier alpha value is -0.280. The molecule has 1 aliphatic rings. The summed E-state index contributed by atoms with van der Waals surface area (Å²) in [6.45, 7) is 3.63. The average molecular weight is 341 g/mol. The highest BCUT2D eigenvalue weighted by Gasteiger charge is 2.16. The van der Waals surface area contributed by atoms with Crippen LogP contribution in [0.25, 0.3) is 0 Å². The molecule has 0 radical (unpaired) electrons. The number of hydrogen-bond acceptors (Lipinski definition) is 5. The smallest absolute Gasteiger partial charge is 0.259 e. The number of nitrogens with zero attached hydrogens (tertiary/aromatic N) is 3. The van der Waals surface area contributed by atoms with E-state index in [1.54, 1.807) is 11.6 Å². The van der Waals surface area contributed by atoms with Crippen LogP contribution in [-0.2, 0) is 17.1 Å². The number of sulfonamides is 1. The first-order valence-corrected chi connectivity index (χ1v) is 8.99. The first kappa shape index (κ1) is 17.8. The maximum Gasteiger partial charge on any atom is 0.259 e. The van der Waals surface area contributed by atoms with Crippen LogP contribution in [0.5, 0.6) is 0 Å². The maximum absolute atomic E-state index is 11.9. The molecule has 0 aromatic carbocycles. The van der Waals surface area contributed by atoms with Gasteiger partial charge in [-0.3, -0.25) is 0 Å². The van der Waals surface area contributed by atoms with Gasteiger partial charge in [0.1, 0.15) is 0 Å². The molecule has 1 fully saturated rings. The lowest BCUT2D eigenvalue weighted by molar-refractivity contribution is 0.299. The van der Waals surface area contributed by atoms with E-state index < -0.39 is 10.0 Å². The van der Waals surface area contributed by atoms with Crippen LogP contribution >= 0.6 is 24.2 Å². The molecule has 0 bridgehead atoms. The summed E-state index contributed by atoms with van der Waals surface area (Å²) in [5, 5.41) is 0.0874. The van der Waals surface area contributed by atoms with Crippen LogP contribution in [-0.4, -0.2) is 60.6 Å². The van der Waals surface area contributed by atoms with Crippen molar-refractivity contribution in [3.63, 3.8) is 0 Å². The Morgan fingerprint density at radius 2 is 2.10 bits per heavy atom. The summed E-state index contributed by atoms with van der Waals surface area (Å²) in [6.07, 6.45) is 3.82. The van der Waals surface area contributed by atoms with E-state index in [9.17, 15) is 8.42 Å². The molecular weight excluding hydrogens is 320 g/mol. The van der Waals surface area contributed by atoms with Crippen molar-refractivity contribution in [3.8, 4) is 0 Å². The number of aryl methyl sites for hydroxylation is 1. The second-order valence-electron chi connectivity index (χ2n) is 4.58. The number of thioether (sulfide) groups is 1. The molecule has 2 rings (SSSR count). The van der Waals surface area contributed by atoms with Gasteiger partial charge >= 0.3 is 0 Å². The van der Waals surface area contributed by atoms with E-state index in [4.69, 9.17) is 0 Å². The fourth-order valence-electron chi connectivity index (χ4n) is 1.94. The molecule has 0 spiro atoms. The minimum Gasteiger partial charge on any atom is -0.339 e. The van der Waals surface area contributed by atoms with E-state index in [1.807, 2.05) is 11.8 Å². The lowest BCUT2D eigenvalue weighted by Crippen LogP contribution is -2.35. The van der Waals surface area contributed by atoms with Gasteiger partial charge in [0, 0.05) is 44.4 Å². The molecule has 6 nitrogen and oxygen atoms in total. The highest BCUT2D eigenvalue weighted by Crippen LogP contribution is 2.09.